The second-order valence-electron chi connectivity index (χ2n) is 6.71. The number of carbonyl (C=O) groups excluding carboxylic acids is 2. The summed E-state index contributed by atoms with van der Waals surface area (Å²) >= 11 is 0. The van der Waals surface area contributed by atoms with Crippen LogP contribution in [0, 0.1) is 0 Å². The Hall–Kier alpha value is -2.30. The smallest absolute Gasteiger partial charge is 0.330 e. The van der Waals surface area contributed by atoms with Gasteiger partial charge in [-0.25, -0.2) is 4.79 Å². The van der Waals surface area contributed by atoms with Crippen LogP contribution in [0.2, 0.25) is 0 Å². The van der Waals surface area contributed by atoms with Crippen LogP contribution in [0.5, 0.6) is 0 Å². The molecule has 0 aliphatic carbocycles. The molecule has 4 unspecified atom stereocenters. The Labute approximate surface area is 148 Å². The number of hydrogen-bond donors (Lipinski definition) is 1. The van der Waals surface area contributed by atoms with Gasteiger partial charge in [0.2, 0.25) is 0 Å². The molecule has 2 aliphatic rings. The SMILES string of the molecule is CC(=O)CC(=O)OCC1OC(n2ccc(=O)[nH]c2=O)C2OC(C)(C)OC12. The van der Waals surface area contributed by atoms with E-state index in [2.05, 4.69) is 4.98 Å². The van der Waals surface area contributed by atoms with Crippen molar-refractivity contribution in [3.05, 3.63) is 33.1 Å². The first-order chi connectivity index (χ1) is 12.2. The molecule has 2 fully saturated rings. The number of rotatable bonds is 5. The average molecular weight is 368 g/mol. The van der Waals surface area contributed by atoms with Gasteiger partial charge in [-0.3, -0.25) is 23.9 Å². The number of fused-ring (bicyclic) bond motifs is 1. The minimum absolute atomic E-state index is 0.151. The predicted molar refractivity (Wildman–Crippen MR) is 85.3 cm³/mol. The fourth-order valence-corrected chi connectivity index (χ4v) is 3.07. The molecule has 0 amide bonds. The molecule has 10 heteroatoms. The van der Waals surface area contributed by atoms with Crippen LogP contribution in [0.3, 0.4) is 0 Å². The van der Waals surface area contributed by atoms with Gasteiger partial charge in [-0.15, -0.1) is 0 Å². The molecule has 2 aliphatic heterocycles. The highest BCUT2D eigenvalue weighted by Crippen LogP contribution is 2.42. The Morgan fingerprint density at radius 1 is 1.27 bits per heavy atom. The molecule has 4 atom stereocenters. The zero-order chi connectivity index (χ0) is 19.1. The number of nitrogens with zero attached hydrogens (tertiary/aromatic N) is 1. The Morgan fingerprint density at radius 2 is 1.96 bits per heavy atom. The summed E-state index contributed by atoms with van der Waals surface area (Å²) in [6, 6.07) is 1.20. The highest BCUT2D eigenvalue weighted by molar-refractivity contribution is 5.94. The van der Waals surface area contributed by atoms with E-state index < -0.39 is 47.5 Å². The van der Waals surface area contributed by atoms with E-state index >= 15 is 0 Å². The summed E-state index contributed by atoms with van der Waals surface area (Å²) in [4.78, 5) is 48.1. The number of aromatic nitrogens is 2. The fourth-order valence-electron chi connectivity index (χ4n) is 3.07. The zero-order valence-corrected chi connectivity index (χ0v) is 14.6. The number of aromatic amines is 1. The van der Waals surface area contributed by atoms with E-state index in [0.29, 0.717) is 0 Å². The molecule has 26 heavy (non-hydrogen) atoms. The monoisotopic (exact) mass is 368 g/mol. The van der Waals surface area contributed by atoms with Gasteiger partial charge in [0.25, 0.3) is 5.56 Å². The number of carbonyl (C=O) groups is 2. The van der Waals surface area contributed by atoms with Crippen LogP contribution in [0.25, 0.3) is 0 Å². The number of hydrogen-bond acceptors (Lipinski definition) is 8. The average Bonchev–Trinajstić information content (AvgIpc) is 2.98. The lowest BCUT2D eigenvalue weighted by Crippen LogP contribution is -2.37. The first-order valence-electron chi connectivity index (χ1n) is 8.14. The van der Waals surface area contributed by atoms with Gasteiger partial charge in [0.05, 0.1) is 0 Å². The first-order valence-corrected chi connectivity index (χ1v) is 8.14. The molecule has 0 saturated carbocycles. The van der Waals surface area contributed by atoms with E-state index in [-0.39, 0.29) is 18.8 Å². The summed E-state index contributed by atoms with van der Waals surface area (Å²) in [6.45, 7) is 4.58. The molecule has 0 bridgehead atoms. The number of H-pyrrole nitrogens is 1. The number of ether oxygens (including phenoxy) is 4. The third kappa shape index (κ3) is 3.76. The molecule has 0 aromatic carbocycles. The van der Waals surface area contributed by atoms with Crippen LogP contribution in [-0.2, 0) is 28.5 Å². The van der Waals surface area contributed by atoms with Gasteiger partial charge in [-0.1, -0.05) is 0 Å². The Morgan fingerprint density at radius 3 is 2.62 bits per heavy atom. The molecule has 0 spiro atoms. The summed E-state index contributed by atoms with van der Waals surface area (Å²) in [6.07, 6.45) is -1.79. The van der Waals surface area contributed by atoms with Gasteiger partial charge in [0.1, 0.15) is 37.1 Å². The summed E-state index contributed by atoms with van der Waals surface area (Å²) in [5.41, 5.74) is -1.18. The van der Waals surface area contributed by atoms with E-state index in [0.717, 1.165) is 0 Å². The third-order valence-electron chi connectivity index (χ3n) is 4.05. The van der Waals surface area contributed by atoms with E-state index in [9.17, 15) is 19.2 Å². The van der Waals surface area contributed by atoms with E-state index in [1.54, 1.807) is 13.8 Å². The molecular formula is C16H20N2O8. The quantitative estimate of drug-likeness (QED) is 0.543. The van der Waals surface area contributed by atoms with E-state index in [4.69, 9.17) is 18.9 Å². The molecule has 1 aromatic heterocycles. The zero-order valence-electron chi connectivity index (χ0n) is 14.6. The largest absolute Gasteiger partial charge is 0.462 e. The highest BCUT2D eigenvalue weighted by atomic mass is 16.8. The van der Waals surface area contributed by atoms with E-state index in [1.165, 1.54) is 23.8 Å². The molecule has 0 radical (unpaired) electrons. The lowest BCUT2D eigenvalue weighted by Gasteiger charge is -2.24. The Kier molecular flexibility index (Phi) is 4.82. The first kappa shape index (κ1) is 18.5. The van der Waals surface area contributed by atoms with Gasteiger partial charge in [-0.05, 0) is 20.8 Å². The van der Waals surface area contributed by atoms with Crippen LogP contribution in [0.4, 0.5) is 0 Å². The second kappa shape index (κ2) is 6.78. The van der Waals surface area contributed by atoms with Crippen LogP contribution in [-0.4, -0.2) is 52.0 Å². The third-order valence-corrected chi connectivity index (χ3v) is 4.05. The van der Waals surface area contributed by atoms with Gasteiger partial charge < -0.3 is 18.9 Å². The Balaban J connectivity index is 1.80. The van der Waals surface area contributed by atoms with Gasteiger partial charge in [-0.2, -0.15) is 0 Å². The maximum Gasteiger partial charge on any atom is 0.330 e. The maximum absolute atomic E-state index is 12.1. The topological polar surface area (TPSA) is 126 Å². The van der Waals surface area contributed by atoms with Crippen molar-refractivity contribution in [2.45, 2.75) is 57.5 Å². The molecule has 2 saturated heterocycles. The molecule has 3 heterocycles. The van der Waals surface area contributed by atoms with Crippen molar-refractivity contribution in [3.63, 3.8) is 0 Å². The van der Waals surface area contributed by atoms with Crippen molar-refractivity contribution < 1.29 is 28.5 Å². The lowest BCUT2D eigenvalue weighted by atomic mass is 10.1. The molecule has 10 nitrogen and oxygen atoms in total. The normalized spacial score (nSPS) is 29.3. The molecule has 142 valence electrons. The van der Waals surface area contributed by atoms with Crippen molar-refractivity contribution in [1.82, 2.24) is 9.55 Å². The van der Waals surface area contributed by atoms with Gasteiger partial charge >= 0.3 is 11.7 Å². The van der Waals surface area contributed by atoms with E-state index in [1.807, 2.05) is 0 Å². The summed E-state index contributed by atoms with van der Waals surface area (Å²) in [5, 5.41) is 0. The van der Waals surface area contributed by atoms with Crippen LogP contribution in [0.15, 0.2) is 21.9 Å². The number of esters is 1. The van der Waals surface area contributed by atoms with Crippen LogP contribution in [0.1, 0.15) is 33.4 Å². The fraction of sp³-hybridized carbons (Fsp3) is 0.625. The standard InChI is InChI=1S/C16H20N2O8/c1-8(19)6-11(21)23-7-9-12-13(26-16(2,3)25-12)14(24-9)18-5-4-10(20)17-15(18)22/h4-5,9,12-14H,6-7H2,1-3H3,(H,17,20,22). The van der Waals surface area contributed by atoms with Crippen molar-refractivity contribution >= 4 is 11.8 Å². The van der Waals surface area contributed by atoms with Crippen LogP contribution >= 0.6 is 0 Å². The van der Waals surface area contributed by atoms with Crippen LogP contribution < -0.4 is 11.2 Å². The number of Topliss-reactive ketones (excluding diaryl/α,β-unsaturated/α-hetero) is 1. The minimum atomic E-state index is -0.912. The minimum Gasteiger partial charge on any atom is -0.462 e. The summed E-state index contributed by atoms with van der Waals surface area (Å²) < 4.78 is 23.7. The summed E-state index contributed by atoms with van der Waals surface area (Å²) in [7, 11) is 0. The van der Waals surface area contributed by atoms with Crippen molar-refractivity contribution in [2.24, 2.45) is 0 Å². The van der Waals surface area contributed by atoms with Gasteiger partial charge in [0, 0.05) is 12.3 Å². The molecule has 1 aromatic rings. The predicted octanol–water partition coefficient (Wildman–Crippen LogP) is -0.524. The second-order valence-corrected chi connectivity index (χ2v) is 6.71. The summed E-state index contributed by atoms with van der Waals surface area (Å²) in [5.74, 6) is -1.88. The maximum atomic E-state index is 12.1. The lowest BCUT2D eigenvalue weighted by molar-refractivity contribution is -0.203. The highest BCUT2D eigenvalue weighted by Gasteiger charge is 2.56. The number of nitrogens with one attached hydrogen (secondary N) is 1. The molecule has 3 rings (SSSR count). The van der Waals surface area contributed by atoms with Crippen molar-refractivity contribution in [3.8, 4) is 0 Å². The van der Waals surface area contributed by atoms with Gasteiger partial charge in [0.15, 0.2) is 12.0 Å². The molecule has 1 N–H and O–H groups in total. The number of ketones is 1. The van der Waals surface area contributed by atoms with Crippen molar-refractivity contribution in [1.29, 1.82) is 0 Å². The Bertz CT molecular complexity index is 826. The molecular weight excluding hydrogens is 348 g/mol. The van der Waals surface area contributed by atoms with Crippen molar-refractivity contribution in [2.75, 3.05) is 6.61 Å².